The Balaban J connectivity index is 1.82. The average Bonchev–Trinajstić information content (AvgIpc) is 2.39. The molecule has 1 aliphatic rings. The molecule has 0 fully saturated rings. The van der Waals surface area contributed by atoms with Gasteiger partial charge in [-0.25, -0.2) is 0 Å². The third kappa shape index (κ3) is 4.46. The van der Waals surface area contributed by atoms with Crippen molar-refractivity contribution in [3.05, 3.63) is 47.5 Å². The Labute approximate surface area is 123 Å². The van der Waals surface area contributed by atoms with Crippen LogP contribution in [0.1, 0.15) is 32.8 Å². The number of hydrogen-bond donors (Lipinski definition) is 1. The number of nitrogens with two attached hydrogens (primary N) is 1. The third-order valence-corrected chi connectivity index (χ3v) is 4.09. The van der Waals surface area contributed by atoms with E-state index in [1.807, 2.05) is 0 Å². The molecule has 2 heteroatoms. The van der Waals surface area contributed by atoms with Crippen LogP contribution in [0.2, 0.25) is 0 Å². The molecular formula is C18H28N2. The Morgan fingerprint density at radius 3 is 2.45 bits per heavy atom. The first-order valence-corrected chi connectivity index (χ1v) is 7.66. The summed E-state index contributed by atoms with van der Waals surface area (Å²) >= 11 is 0. The van der Waals surface area contributed by atoms with Crippen molar-refractivity contribution in [3.63, 3.8) is 0 Å². The van der Waals surface area contributed by atoms with Crippen LogP contribution in [0.3, 0.4) is 0 Å². The molecule has 110 valence electrons. The SMILES string of the molecule is CC(C)(C)C1=CCN(CC(N)Cc2ccccc2)CC1. The molecule has 0 radical (unpaired) electrons. The summed E-state index contributed by atoms with van der Waals surface area (Å²) in [5, 5.41) is 0. The monoisotopic (exact) mass is 272 g/mol. The summed E-state index contributed by atoms with van der Waals surface area (Å²) in [7, 11) is 0. The lowest BCUT2D eigenvalue weighted by Crippen LogP contribution is -2.41. The normalized spacial score (nSPS) is 18.7. The van der Waals surface area contributed by atoms with Gasteiger partial charge in [0.2, 0.25) is 0 Å². The minimum atomic E-state index is 0.224. The second kappa shape index (κ2) is 6.55. The summed E-state index contributed by atoms with van der Waals surface area (Å²) in [5.41, 5.74) is 9.54. The highest BCUT2D eigenvalue weighted by atomic mass is 15.1. The highest BCUT2D eigenvalue weighted by Crippen LogP contribution is 2.29. The Hall–Kier alpha value is -1.12. The standard InChI is InChI=1S/C18H28N2/c1-18(2,3)16-9-11-20(12-10-16)14-17(19)13-15-7-5-4-6-8-15/h4-9,17H,10-14,19H2,1-3H3. The van der Waals surface area contributed by atoms with Gasteiger partial charge in [0.25, 0.3) is 0 Å². The van der Waals surface area contributed by atoms with Gasteiger partial charge < -0.3 is 5.73 Å². The maximum absolute atomic E-state index is 6.29. The molecule has 1 heterocycles. The molecule has 1 atom stereocenters. The fourth-order valence-electron chi connectivity index (χ4n) is 2.87. The van der Waals surface area contributed by atoms with Crippen LogP contribution in [0.5, 0.6) is 0 Å². The van der Waals surface area contributed by atoms with Gasteiger partial charge in [-0.3, -0.25) is 4.90 Å². The maximum atomic E-state index is 6.29. The van der Waals surface area contributed by atoms with E-state index in [1.54, 1.807) is 5.57 Å². The molecule has 1 aliphatic heterocycles. The minimum absolute atomic E-state index is 0.224. The zero-order valence-electron chi connectivity index (χ0n) is 13.1. The molecule has 1 aromatic rings. The summed E-state index contributed by atoms with van der Waals surface area (Å²) in [5.74, 6) is 0. The molecule has 2 nitrogen and oxygen atoms in total. The van der Waals surface area contributed by atoms with E-state index in [1.165, 1.54) is 12.0 Å². The van der Waals surface area contributed by atoms with Crippen molar-refractivity contribution >= 4 is 0 Å². The topological polar surface area (TPSA) is 29.3 Å². The fourth-order valence-corrected chi connectivity index (χ4v) is 2.87. The Morgan fingerprint density at radius 2 is 1.90 bits per heavy atom. The third-order valence-electron chi connectivity index (χ3n) is 4.09. The van der Waals surface area contributed by atoms with Crippen LogP contribution in [0.25, 0.3) is 0 Å². The van der Waals surface area contributed by atoms with Crippen LogP contribution in [-0.2, 0) is 6.42 Å². The lowest BCUT2D eigenvalue weighted by Gasteiger charge is -2.33. The van der Waals surface area contributed by atoms with E-state index in [9.17, 15) is 0 Å². The van der Waals surface area contributed by atoms with E-state index in [0.717, 1.165) is 26.1 Å². The van der Waals surface area contributed by atoms with E-state index in [2.05, 4.69) is 62.1 Å². The summed E-state index contributed by atoms with van der Waals surface area (Å²) < 4.78 is 0. The van der Waals surface area contributed by atoms with E-state index < -0.39 is 0 Å². The molecule has 2 rings (SSSR count). The molecule has 1 unspecified atom stereocenters. The van der Waals surface area contributed by atoms with Crippen molar-refractivity contribution in [2.45, 2.75) is 39.7 Å². The number of rotatable bonds is 4. The van der Waals surface area contributed by atoms with Crippen molar-refractivity contribution < 1.29 is 0 Å². The van der Waals surface area contributed by atoms with Crippen LogP contribution in [-0.4, -0.2) is 30.6 Å². The van der Waals surface area contributed by atoms with Crippen LogP contribution in [0, 0.1) is 5.41 Å². The van der Waals surface area contributed by atoms with Crippen molar-refractivity contribution in [3.8, 4) is 0 Å². The van der Waals surface area contributed by atoms with Gasteiger partial charge in [0.05, 0.1) is 0 Å². The summed E-state index contributed by atoms with van der Waals surface area (Å²) in [6.45, 7) is 10.1. The van der Waals surface area contributed by atoms with Gasteiger partial charge in [-0.15, -0.1) is 0 Å². The van der Waals surface area contributed by atoms with Gasteiger partial charge in [-0.2, -0.15) is 0 Å². The molecular weight excluding hydrogens is 244 g/mol. The Bertz CT molecular complexity index is 442. The molecule has 1 aromatic carbocycles. The highest BCUT2D eigenvalue weighted by molar-refractivity contribution is 5.17. The van der Waals surface area contributed by atoms with Gasteiger partial charge in [0.15, 0.2) is 0 Å². The largest absolute Gasteiger partial charge is 0.326 e. The Morgan fingerprint density at radius 1 is 1.20 bits per heavy atom. The molecule has 0 saturated heterocycles. The van der Waals surface area contributed by atoms with Crippen LogP contribution in [0.4, 0.5) is 0 Å². The summed E-state index contributed by atoms with van der Waals surface area (Å²) in [6, 6.07) is 10.8. The van der Waals surface area contributed by atoms with Crippen molar-refractivity contribution in [1.82, 2.24) is 4.90 Å². The first-order valence-electron chi connectivity index (χ1n) is 7.66. The van der Waals surface area contributed by atoms with Crippen molar-refractivity contribution in [2.24, 2.45) is 11.1 Å². The summed E-state index contributed by atoms with van der Waals surface area (Å²) in [4.78, 5) is 2.48. The zero-order valence-corrected chi connectivity index (χ0v) is 13.1. The first kappa shape index (κ1) is 15.3. The van der Waals surface area contributed by atoms with Crippen LogP contribution < -0.4 is 5.73 Å². The molecule has 0 aliphatic carbocycles. The Kier molecular flexibility index (Phi) is 5.00. The molecule has 0 bridgehead atoms. The molecule has 0 spiro atoms. The van der Waals surface area contributed by atoms with E-state index in [0.29, 0.717) is 5.41 Å². The summed E-state index contributed by atoms with van der Waals surface area (Å²) in [6.07, 6.45) is 4.55. The quantitative estimate of drug-likeness (QED) is 0.853. The molecule has 20 heavy (non-hydrogen) atoms. The van der Waals surface area contributed by atoms with Gasteiger partial charge in [0, 0.05) is 25.7 Å². The smallest absolute Gasteiger partial charge is 0.0208 e. The highest BCUT2D eigenvalue weighted by Gasteiger charge is 2.21. The van der Waals surface area contributed by atoms with E-state index in [4.69, 9.17) is 5.73 Å². The minimum Gasteiger partial charge on any atom is -0.326 e. The second-order valence-corrected chi connectivity index (χ2v) is 6.94. The molecule has 0 amide bonds. The number of benzene rings is 1. The lowest BCUT2D eigenvalue weighted by molar-refractivity contribution is 0.262. The van der Waals surface area contributed by atoms with Gasteiger partial charge in [0.1, 0.15) is 0 Å². The van der Waals surface area contributed by atoms with Crippen LogP contribution >= 0.6 is 0 Å². The van der Waals surface area contributed by atoms with Gasteiger partial charge >= 0.3 is 0 Å². The predicted octanol–water partition coefficient (Wildman–Crippen LogP) is 3.23. The number of nitrogens with zero attached hydrogens (tertiary/aromatic N) is 1. The van der Waals surface area contributed by atoms with Crippen LogP contribution in [0.15, 0.2) is 42.0 Å². The van der Waals surface area contributed by atoms with Gasteiger partial charge in [-0.05, 0) is 23.8 Å². The number of hydrogen-bond acceptors (Lipinski definition) is 2. The fraction of sp³-hybridized carbons (Fsp3) is 0.556. The van der Waals surface area contributed by atoms with Gasteiger partial charge in [-0.1, -0.05) is 62.8 Å². The van der Waals surface area contributed by atoms with Crippen molar-refractivity contribution in [1.29, 1.82) is 0 Å². The molecule has 2 N–H and O–H groups in total. The average molecular weight is 272 g/mol. The van der Waals surface area contributed by atoms with E-state index in [-0.39, 0.29) is 6.04 Å². The molecule has 0 saturated carbocycles. The van der Waals surface area contributed by atoms with Crippen molar-refractivity contribution in [2.75, 3.05) is 19.6 Å². The zero-order chi connectivity index (χ0) is 14.6. The second-order valence-electron chi connectivity index (χ2n) is 6.94. The first-order chi connectivity index (χ1) is 9.45. The molecule has 0 aromatic heterocycles. The maximum Gasteiger partial charge on any atom is 0.0208 e. The lowest BCUT2D eigenvalue weighted by atomic mass is 9.83. The predicted molar refractivity (Wildman–Crippen MR) is 86.7 cm³/mol. The van der Waals surface area contributed by atoms with E-state index >= 15 is 0 Å².